The molecule has 0 aliphatic carbocycles. The van der Waals surface area contributed by atoms with Crippen molar-refractivity contribution in [3.8, 4) is 11.4 Å². The molecule has 0 aliphatic rings. The van der Waals surface area contributed by atoms with Gasteiger partial charge < -0.3 is 25.1 Å². The van der Waals surface area contributed by atoms with E-state index < -0.39 is 6.10 Å². The predicted octanol–water partition coefficient (Wildman–Crippen LogP) is 3.89. The van der Waals surface area contributed by atoms with Crippen molar-refractivity contribution in [1.82, 2.24) is 29.8 Å². The summed E-state index contributed by atoms with van der Waals surface area (Å²) in [6.07, 6.45) is 6.39. The Morgan fingerprint density at radius 3 is 2.76 bits per heavy atom. The van der Waals surface area contributed by atoms with E-state index in [1.807, 2.05) is 18.3 Å². The summed E-state index contributed by atoms with van der Waals surface area (Å²) < 4.78 is 7.91. The largest absolute Gasteiger partial charge is 0.489 e. The van der Waals surface area contributed by atoms with Crippen LogP contribution in [0.4, 0.5) is 0 Å². The van der Waals surface area contributed by atoms with Gasteiger partial charge in [0.25, 0.3) is 0 Å². The highest BCUT2D eigenvalue weighted by Gasteiger charge is 2.13. The van der Waals surface area contributed by atoms with Gasteiger partial charge in [0.2, 0.25) is 0 Å². The maximum absolute atomic E-state index is 11.5. The van der Waals surface area contributed by atoms with Gasteiger partial charge in [0.05, 0.1) is 5.52 Å². The van der Waals surface area contributed by atoms with Crippen molar-refractivity contribution in [2.24, 2.45) is 0 Å². The number of benzene rings is 2. The molecule has 9 nitrogen and oxygen atoms in total. The highest BCUT2D eigenvalue weighted by atomic mass is 16.5. The van der Waals surface area contributed by atoms with Crippen LogP contribution >= 0.6 is 0 Å². The van der Waals surface area contributed by atoms with Crippen molar-refractivity contribution in [3.05, 3.63) is 82.7 Å². The first-order chi connectivity index (χ1) is 18.6. The van der Waals surface area contributed by atoms with E-state index in [2.05, 4.69) is 56.0 Å². The molecular formula is C29H34N6O3. The number of unbranched alkanes of at least 4 members (excludes halogenated alkanes) is 2. The number of rotatable bonds is 13. The average molecular weight is 515 g/mol. The Morgan fingerprint density at radius 2 is 1.92 bits per heavy atom. The number of hydrogen-bond donors (Lipinski definition) is 4. The number of ether oxygens (including phenoxy) is 1. The lowest BCUT2D eigenvalue weighted by Gasteiger charge is -2.14. The molecule has 9 heteroatoms. The fourth-order valence-corrected chi connectivity index (χ4v) is 4.64. The summed E-state index contributed by atoms with van der Waals surface area (Å²) in [6, 6.07) is 17.8. The van der Waals surface area contributed by atoms with Crippen LogP contribution in [0.3, 0.4) is 0 Å². The fraction of sp³-hybridized carbons (Fsp3) is 0.345. The summed E-state index contributed by atoms with van der Waals surface area (Å²) in [5.41, 5.74) is 5.09. The Balaban J connectivity index is 1.13. The van der Waals surface area contributed by atoms with Crippen molar-refractivity contribution in [1.29, 1.82) is 0 Å². The molecule has 5 rings (SSSR count). The lowest BCUT2D eigenvalue weighted by atomic mass is 10.1. The zero-order valence-corrected chi connectivity index (χ0v) is 21.6. The zero-order chi connectivity index (χ0) is 26.3. The summed E-state index contributed by atoms with van der Waals surface area (Å²) in [5, 5.41) is 13.6. The van der Waals surface area contributed by atoms with E-state index in [1.165, 1.54) is 18.4 Å². The number of pyridine rings is 1. The number of hydrogen-bond acceptors (Lipinski definition) is 6. The molecule has 3 heterocycles. The third-order valence-corrected chi connectivity index (χ3v) is 6.60. The summed E-state index contributed by atoms with van der Waals surface area (Å²) >= 11 is 0. The van der Waals surface area contributed by atoms with Crippen LogP contribution in [0.2, 0.25) is 0 Å². The maximum atomic E-state index is 11.5. The van der Waals surface area contributed by atoms with Crippen molar-refractivity contribution in [2.45, 2.75) is 45.1 Å². The Kier molecular flexibility index (Phi) is 8.15. The van der Waals surface area contributed by atoms with Gasteiger partial charge in [-0.2, -0.15) is 0 Å². The van der Waals surface area contributed by atoms with E-state index in [9.17, 15) is 9.90 Å². The first kappa shape index (κ1) is 25.7. The number of imidazole rings is 2. The maximum Gasteiger partial charge on any atom is 0.323 e. The minimum Gasteiger partial charge on any atom is -0.489 e. The van der Waals surface area contributed by atoms with E-state index in [1.54, 1.807) is 18.2 Å². The normalized spacial score (nSPS) is 12.4. The Bertz CT molecular complexity index is 1540. The molecule has 198 valence electrons. The monoisotopic (exact) mass is 514 g/mol. The van der Waals surface area contributed by atoms with Gasteiger partial charge >= 0.3 is 5.69 Å². The molecular weight excluding hydrogens is 480 g/mol. The second-order valence-corrected chi connectivity index (χ2v) is 9.51. The molecule has 3 aromatic heterocycles. The van der Waals surface area contributed by atoms with Crippen molar-refractivity contribution >= 4 is 22.2 Å². The number of aliphatic hydroxyl groups excluding tert-OH is 1. The number of aromatic amines is 2. The standard InChI is InChI=1S/C29H34N6O3/c1-2-3-4-10-26-32-24-8-6-16-31-28(24)35(26)21-13-11-20(12-14-21)15-17-30-18-22(36)19-38-25-9-5-7-23-27(25)34-29(37)33-23/h5-9,11-14,16,22,30,36H,2-4,10,15,17-19H2,1H3,(H2,33,34,37). The van der Waals surface area contributed by atoms with E-state index in [4.69, 9.17) is 9.72 Å². The molecule has 0 bridgehead atoms. The van der Waals surface area contributed by atoms with E-state index in [0.29, 0.717) is 23.3 Å². The lowest BCUT2D eigenvalue weighted by Crippen LogP contribution is -2.32. The molecule has 4 N–H and O–H groups in total. The van der Waals surface area contributed by atoms with Gasteiger partial charge in [-0.1, -0.05) is 38.0 Å². The number of aryl methyl sites for hydroxylation is 1. The number of nitrogens with zero attached hydrogens (tertiary/aromatic N) is 3. The summed E-state index contributed by atoms with van der Waals surface area (Å²) in [7, 11) is 0. The topological polar surface area (TPSA) is 121 Å². The van der Waals surface area contributed by atoms with Crippen LogP contribution in [0, 0.1) is 0 Å². The van der Waals surface area contributed by atoms with E-state index in [-0.39, 0.29) is 12.3 Å². The van der Waals surface area contributed by atoms with Gasteiger partial charge in [-0.15, -0.1) is 0 Å². The molecule has 0 spiro atoms. The van der Waals surface area contributed by atoms with Crippen LogP contribution in [-0.2, 0) is 12.8 Å². The third kappa shape index (κ3) is 5.95. The van der Waals surface area contributed by atoms with Gasteiger partial charge in [-0.3, -0.25) is 4.57 Å². The molecule has 2 aromatic carbocycles. The molecule has 0 aliphatic heterocycles. The lowest BCUT2D eigenvalue weighted by molar-refractivity contribution is 0.107. The number of aromatic nitrogens is 5. The third-order valence-electron chi connectivity index (χ3n) is 6.60. The SMILES string of the molecule is CCCCCc1nc2cccnc2n1-c1ccc(CCNCC(O)COc2cccc3[nH]c(=O)[nH]c23)cc1. The summed E-state index contributed by atoms with van der Waals surface area (Å²) in [6.45, 7) is 3.48. The first-order valence-electron chi connectivity index (χ1n) is 13.3. The van der Waals surface area contributed by atoms with Gasteiger partial charge in [-0.05, 0) is 61.3 Å². The highest BCUT2D eigenvalue weighted by molar-refractivity contribution is 5.81. The number of aliphatic hydroxyl groups is 1. The molecule has 1 atom stereocenters. The van der Waals surface area contributed by atoms with Crippen LogP contribution < -0.4 is 15.7 Å². The van der Waals surface area contributed by atoms with Crippen molar-refractivity contribution < 1.29 is 9.84 Å². The molecule has 5 aromatic rings. The molecule has 0 fully saturated rings. The van der Waals surface area contributed by atoms with Crippen LogP contribution in [0.15, 0.2) is 65.6 Å². The van der Waals surface area contributed by atoms with E-state index >= 15 is 0 Å². The number of nitrogens with one attached hydrogen (secondary N) is 3. The minimum atomic E-state index is -0.675. The van der Waals surface area contributed by atoms with Crippen molar-refractivity contribution in [3.63, 3.8) is 0 Å². The number of H-pyrrole nitrogens is 2. The van der Waals surface area contributed by atoms with Crippen LogP contribution in [0.5, 0.6) is 5.75 Å². The molecule has 1 unspecified atom stereocenters. The van der Waals surface area contributed by atoms with Gasteiger partial charge in [0.1, 0.15) is 35.3 Å². The molecule has 0 amide bonds. The Morgan fingerprint density at radius 1 is 1.05 bits per heavy atom. The number of fused-ring (bicyclic) bond motifs is 2. The fourth-order valence-electron chi connectivity index (χ4n) is 4.64. The predicted molar refractivity (Wildman–Crippen MR) is 149 cm³/mol. The van der Waals surface area contributed by atoms with Gasteiger partial charge in [-0.25, -0.2) is 14.8 Å². The van der Waals surface area contributed by atoms with Crippen LogP contribution in [-0.4, -0.2) is 55.4 Å². The smallest absolute Gasteiger partial charge is 0.323 e. The molecule has 38 heavy (non-hydrogen) atoms. The highest BCUT2D eigenvalue weighted by Crippen LogP contribution is 2.22. The number of para-hydroxylation sites is 1. The average Bonchev–Trinajstić information content (AvgIpc) is 3.50. The Labute approximate surface area is 220 Å². The minimum absolute atomic E-state index is 0.126. The second-order valence-electron chi connectivity index (χ2n) is 9.51. The first-order valence-corrected chi connectivity index (χ1v) is 13.3. The van der Waals surface area contributed by atoms with Gasteiger partial charge in [0, 0.05) is 24.8 Å². The molecule has 0 radical (unpaired) electrons. The second kappa shape index (κ2) is 12.1. The van der Waals surface area contributed by atoms with Crippen molar-refractivity contribution in [2.75, 3.05) is 19.7 Å². The summed E-state index contributed by atoms with van der Waals surface area (Å²) in [5.74, 6) is 1.59. The van der Waals surface area contributed by atoms with Crippen LogP contribution in [0.25, 0.3) is 27.9 Å². The van der Waals surface area contributed by atoms with Crippen LogP contribution in [0.1, 0.15) is 37.6 Å². The molecule has 0 saturated carbocycles. The quantitative estimate of drug-likeness (QED) is 0.177. The summed E-state index contributed by atoms with van der Waals surface area (Å²) in [4.78, 5) is 26.4. The zero-order valence-electron chi connectivity index (χ0n) is 21.6. The van der Waals surface area contributed by atoms with E-state index in [0.717, 1.165) is 48.5 Å². The van der Waals surface area contributed by atoms with Gasteiger partial charge in [0.15, 0.2) is 5.65 Å². The molecule has 0 saturated heterocycles. The Hall–Kier alpha value is -3.95.